The fourth-order valence-electron chi connectivity index (χ4n) is 5.76. The topological polar surface area (TPSA) is 56.4 Å². The summed E-state index contributed by atoms with van der Waals surface area (Å²) < 4.78 is 0. The molecule has 6 heteroatoms. The Bertz CT molecular complexity index is 775. The molecule has 0 radical (unpaired) electrons. The summed E-state index contributed by atoms with van der Waals surface area (Å²) in [5.74, 6) is 2.11. The first-order chi connectivity index (χ1) is 12.6. The van der Waals surface area contributed by atoms with E-state index in [1.54, 1.807) is 0 Å². The van der Waals surface area contributed by atoms with Crippen molar-refractivity contribution in [3.63, 3.8) is 0 Å². The van der Waals surface area contributed by atoms with Crippen molar-refractivity contribution in [2.75, 3.05) is 19.6 Å². The minimum Gasteiger partial charge on any atom is -0.338 e. The lowest BCUT2D eigenvalue weighted by Crippen LogP contribution is -2.62. The second-order valence-corrected chi connectivity index (χ2v) is 9.14. The van der Waals surface area contributed by atoms with Gasteiger partial charge >= 0.3 is 0 Å². The van der Waals surface area contributed by atoms with Crippen LogP contribution >= 0.6 is 11.6 Å². The maximum absolute atomic E-state index is 13.0. The summed E-state index contributed by atoms with van der Waals surface area (Å²) in [5.41, 5.74) is 0.147. The van der Waals surface area contributed by atoms with E-state index in [1.807, 2.05) is 4.90 Å². The van der Waals surface area contributed by atoms with Crippen LogP contribution in [0.5, 0.6) is 0 Å². The molecule has 1 aromatic heterocycles. The smallest absolute Gasteiger partial charge is 0.266 e. The number of hydrogen-bond donors (Lipinski definition) is 1. The van der Waals surface area contributed by atoms with E-state index >= 15 is 0 Å². The molecule has 0 spiro atoms. The summed E-state index contributed by atoms with van der Waals surface area (Å²) in [6.45, 7) is 2.82. The van der Waals surface area contributed by atoms with Gasteiger partial charge in [-0.25, -0.2) is 0 Å². The highest BCUT2D eigenvalue weighted by Gasteiger charge is 2.48. The van der Waals surface area contributed by atoms with Gasteiger partial charge < -0.3 is 9.88 Å². The van der Waals surface area contributed by atoms with E-state index in [0.29, 0.717) is 23.4 Å². The molecule has 1 N–H and O–H groups in total. The molecule has 4 atom stereocenters. The van der Waals surface area contributed by atoms with Crippen molar-refractivity contribution >= 4 is 17.5 Å². The standard InChI is InChI=1S/C20H26ClN3O2/c21-16-7-14(8-22-19(16)25)20(26)23-9-12-6-15(11-23)18-3-1-2-17(13-4-5-13)24(18)10-12/h7-8,12-13,15,17-18H,1-6,9-11H2,(H,22,25)/t12-,15+,17+,18-/m0/s1. The predicted molar refractivity (Wildman–Crippen MR) is 100 cm³/mol. The molecule has 26 heavy (non-hydrogen) atoms. The number of nitrogens with zero attached hydrogens (tertiary/aromatic N) is 2. The molecule has 3 aliphatic heterocycles. The number of pyridine rings is 1. The molecule has 1 saturated carbocycles. The number of carbonyl (C=O) groups is 1. The van der Waals surface area contributed by atoms with E-state index in [0.717, 1.165) is 31.6 Å². The molecule has 5 rings (SSSR count). The average Bonchev–Trinajstić information content (AvgIpc) is 3.48. The summed E-state index contributed by atoms with van der Waals surface area (Å²) >= 11 is 5.91. The van der Waals surface area contributed by atoms with Crippen LogP contribution in [0.2, 0.25) is 5.02 Å². The fourth-order valence-corrected chi connectivity index (χ4v) is 5.93. The van der Waals surface area contributed by atoms with Gasteiger partial charge in [-0.1, -0.05) is 18.0 Å². The fraction of sp³-hybridized carbons (Fsp3) is 0.700. The van der Waals surface area contributed by atoms with Gasteiger partial charge in [-0.2, -0.15) is 0 Å². The summed E-state index contributed by atoms with van der Waals surface area (Å²) in [6.07, 6.45) is 9.59. The summed E-state index contributed by atoms with van der Waals surface area (Å²) in [5, 5.41) is 0.0822. The first kappa shape index (κ1) is 16.8. The van der Waals surface area contributed by atoms with Crippen LogP contribution in [-0.4, -0.2) is 52.4 Å². The molecule has 4 heterocycles. The maximum atomic E-state index is 13.0. The molecule has 1 aromatic rings. The van der Waals surface area contributed by atoms with E-state index in [-0.39, 0.29) is 16.5 Å². The lowest BCUT2D eigenvalue weighted by molar-refractivity contribution is -0.0551. The van der Waals surface area contributed by atoms with Crippen LogP contribution < -0.4 is 5.56 Å². The Balaban J connectivity index is 1.34. The largest absolute Gasteiger partial charge is 0.338 e. The Hall–Kier alpha value is -1.33. The first-order valence-corrected chi connectivity index (χ1v) is 10.4. The number of likely N-dealkylation sites (tertiary alicyclic amines) is 1. The monoisotopic (exact) mass is 375 g/mol. The summed E-state index contributed by atoms with van der Waals surface area (Å²) in [4.78, 5) is 31.8. The Kier molecular flexibility index (Phi) is 4.13. The third-order valence-electron chi connectivity index (χ3n) is 6.99. The third-order valence-corrected chi connectivity index (χ3v) is 7.27. The number of rotatable bonds is 2. The number of halogens is 1. The SMILES string of the molecule is O=C(c1c[nH]c(=O)c(Cl)c1)N1C[C@@H]2C[C@H](C1)[C@@H]1CCC[C@H](C3CC3)N1C2. The molecule has 5 nitrogen and oxygen atoms in total. The molecule has 4 fully saturated rings. The van der Waals surface area contributed by atoms with Crippen molar-refractivity contribution in [3.05, 3.63) is 33.2 Å². The highest BCUT2D eigenvalue weighted by atomic mass is 35.5. The Labute approximate surface area is 158 Å². The number of carbonyl (C=O) groups excluding carboxylic acids is 1. The normalized spacial score (nSPS) is 34.4. The zero-order valence-electron chi connectivity index (χ0n) is 15.0. The molecule has 0 aromatic carbocycles. The molecular formula is C20H26ClN3O2. The molecule has 2 bridgehead atoms. The zero-order valence-corrected chi connectivity index (χ0v) is 15.8. The minimum absolute atomic E-state index is 0.000789. The Morgan fingerprint density at radius 1 is 1.08 bits per heavy atom. The lowest BCUT2D eigenvalue weighted by Gasteiger charge is -2.55. The van der Waals surface area contributed by atoms with Crippen molar-refractivity contribution in [1.82, 2.24) is 14.8 Å². The van der Waals surface area contributed by atoms with E-state index in [9.17, 15) is 9.59 Å². The van der Waals surface area contributed by atoms with Gasteiger partial charge in [-0.15, -0.1) is 0 Å². The quantitative estimate of drug-likeness (QED) is 0.864. The van der Waals surface area contributed by atoms with Gasteiger partial charge in [0.05, 0.1) is 5.56 Å². The van der Waals surface area contributed by atoms with Crippen molar-refractivity contribution in [2.45, 2.75) is 50.6 Å². The van der Waals surface area contributed by atoms with Crippen LogP contribution in [0.15, 0.2) is 17.1 Å². The van der Waals surface area contributed by atoms with Gasteiger partial charge in [-0.05, 0) is 55.9 Å². The first-order valence-electron chi connectivity index (χ1n) is 10.0. The minimum atomic E-state index is -0.345. The number of aromatic amines is 1. The van der Waals surface area contributed by atoms with Crippen molar-refractivity contribution in [2.24, 2.45) is 17.8 Å². The van der Waals surface area contributed by atoms with Crippen LogP contribution in [0.4, 0.5) is 0 Å². The van der Waals surface area contributed by atoms with Crippen LogP contribution in [0.1, 0.15) is 48.9 Å². The van der Waals surface area contributed by atoms with Crippen molar-refractivity contribution in [3.8, 4) is 0 Å². The average molecular weight is 376 g/mol. The lowest BCUT2D eigenvalue weighted by atomic mass is 9.74. The van der Waals surface area contributed by atoms with Gasteiger partial charge in [0.2, 0.25) is 0 Å². The molecule has 3 saturated heterocycles. The number of nitrogens with one attached hydrogen (secondary N) is 1. The summed E-state index contributed by atoms with van der Waals surface area (Å²) in [6, 6.07) is 2.96. The maximum Gasteiger partial charge on any atom is 0.266 e. The number of aromatic nitrogens is 1. The highest BCUT2D eigenvalue weighted by molar-refractivity contribution is 6.30. The Morgan fingerprint density at radius 3 is 2.58 bits per heavy atom. The predicted octanol–water partition coefficient (Wildman–Crippen LogP) is 2.75. The van der Waals surface area contributed by atoms with Crippen LogP contribution in [-0.2, 0) is 0 Å². The molecule has 1 amide bonds. The number of H-pyrrole nitrogens is 1. The molecule has 140 valence electrons. The Morgan fingerprint density at radius 2 is 1.85 bits per heavy atom. The third kappa shape index (κ3) is 2.89. The van der Waals surface area contributed by atoms with E-state index in [2.05, 4.69) is 9.88 Å². The van der Waals surface area contributed by atoms with E-state index < -0.39 is 0 Å². The van der Waals surface area contributed by atoms with Crippen molar-refractivity contribution in [1.29, 1.82) is 0 Å². The second kappa shape index (κ2) is 6.38. The van der Waals surface area contributed by atoms with Crippen LogP contribution in [0.3, 0.4) is 0 Å². The van der Waals surface area contributed by atoms with Gasteiger partial charge in [0, 0.05) is 37.9 Å². The molecule has 1 aliphatic carbocycles. The summed E-state index contributed by atoms with van der Waals surface area (Å²) in [7, 11) is 0. The van der Waals surface area contributed by atoms with Crippen LogP contribution in [0, 0.1) is 17.8 Å². The zero-order chi connectivity index (χ0) is 17.8. The van der Waals surface area contributed by atoms with E-state index in [4.69, 9.17) is 11.6 Å². The van der Waals surface area contributed by atoms with Crippen LogP contribution in [0.25, 0.3) is 0 Å². The van der Waals surface area contributed by atoms with Gasteiger partial charge in [-0.3, -0.25) is 14.5 Å². The number of hydrogen-bond acceptors (Lipinski definition) is 3. The number of fused-ring (bicyclic) bond motifs is 4. The molecule has 0 unspecified atom stereocenters. The van der Waals surface area contributed by atoms with E-state index in [1.165, 1.54) is 50.8 Å². The van der Waals surface area contributed by atoms with Gasteiger partial charge in [0.15, 0.2) is 0 Å². The van der Waals surface area contributed by atoms with Gasteiger partial charge in [0.25, 0.3) is 11.5 Å². The number of amides is 1. The molecule has 4 aliphatic rings. The highest BCUT2D eigenvalue weighted by Crippen LogP contribution is 2.46. The molecular weight excluding hydrogens is 350 g/mol. The van der Waals surface area contributed by atoms with Crippen molar-refractivity contribution < 1.29 is 4.79 Å². The second-order valence-electron chi connectivity index (χ2n) is 8.74. The van der Waals surface area contributed by atoms with Gasteiger partial charge in [0.1, 0.15) is 5.02 Å². The number of piperidine rings is 3.